The van der Waals surface area contributed by atoms with Gasteiger partial charge in [0, 0.05) is 38.5 Å². The molecule has 11 heteroatoms. The number of nitrogens with one attached hydrogen (secondary N) is 1. The van der Waals surface area contributed by atoms with Crippen molar-refractivity contribution in [3.63, 3.8) is 0 Å². The highest BCUT2D eigenvalue weighted by Gasteiger charge is 2.44. The van der Waals surface area contributed by atoms with Crippen LogP contribution in [0.4, 0.5) is 8.78 Å². The minimum Gasteiger partial charge on any atom is -0.503 e. The number of ether oxygens (including phenoxy) is 1. The predicted molar refractivity (Wildman–Crippen MR) is 141 cm³/mol. The van der Waals surface area contributed by atoms with Gasteiger partial charge in [0.2, 0.25) is 5.43 Å². The fourth-order valence-electron chi connectivity index (χ4n) is 4.67. The Morgan fingerprint density at radius 1 is 1.32 bits per heavy atom. The quantitative estimate of drug-likeness (QED) is 0.231. The number of allylic oxidation sites excluding steroid dienone is 3. The molecule has 1 aromatic rings. The molecule has 8 nitrogen and oxygen atoms in total. The van der Waals surface area contributed by atoms with Crippen molar-refractivity contribution >= 4 is 23.4 Å². The molecule has 1 fully saturated rings. The van der Waals surface area contributed by atoms with Gasteiger partial charge in [-0.1, -0.05) is 26.8 Å². The molecule has 0 radical (unpaired) electrons. The fourth-order valence-corrected chi connectivity index (χ4v) is 4.76. The second-order valence-electron chi connectivity index (χ2n) is 9.98. The second-order valence-corrected chi connectivity index (χ2v) is 10.2. The summed E-state index contributed by atoms with van der Waals surface area (Å²) in [5, 5.41) is 13.1. The van der Waals surface area contributed by atoms with Crippen LogP contribution in [0.25, 0.3) is 0 Å². The number of carbonyl (C=O) groups is 2. The number of hydrogen-bond donors (Lipinski definition) is 2. The standard InChI is InChI=1S/C27H36ClF2N3O5/c1-5-20-13-32-14-21(26(36)31-12-18(17(4)29)7-8-19(30)11-28)23(34)24(35)22(32)27(37)33(20)9-6-10-38-25-15(2)16(25)3/h7-8,14-17,20,25,35H,5-6,9-13H2,1-4H3,(H,31,36)/b18-7-,19-8+. The van der Waals surface area contributed by atoms with Crippen molar-refractivity contribution in [3.8, 4) is 5.75 Å². The van der Waals surface area contributed by atoms with Crippen LogP contribution < -0.4 is 10.7 Å². The molecule has 0 saturated heterocycles. The van der Waals surface area contributed by atoms with Crippen LogP contribution in [-0.2, 0) is 11.3 Å². The zero-order chi connectivity index (χ0) is 28.1. The van der Waals surface area contributed by atoms with Crippen LogP contribution in [0.1, 0.15) is 61.4 Å². The monoisotopic (exact) mass is 555 g/mol. The number of carbonyl (C=O) groups excluding carboxylic acids is 2. The molecule has 1 saturated carbocycles. The summed E-state index contributed by atoms with van der Waals surface area (Å²) in [4.78, 5) is 40.6. The average Bonchev–Trinajstić information content (AvgIpc) is 3.46. The van der Waals surface area contributed by atoms with Gasteiger partial charge in [0.1, 0.15) is 17.6 Å². The second kappa shape index (κ2) is 12.9. The van der Waals surface area contributed by atoms with Crippen molar-refractivity contribution in [3.05, 3.63) is 51.2 Å². The van der Waals surface area contributed by atoms with Crippen molar-refractivity contribution in [2.75, 3.05) is 25.6 Å². The molecule has 1 aromatic heterocycles. The molecule has 2 aliphatic rings. The Hall–Kier alpha value is -2.72. The van der Waals surface area contributed by atoms with Crippen LogP contribution in [0.15, 0.2) is 34.5 Å². The molecule has 3 rings (SSSR count). The SMILES string of the molecule is CCC1Cn2cc(C(=O)NC/C(=C/C=C(/F)CCl)C(C)F)c(=O)c(O)c2C(=O)N1CCCOC1C(C)C1C. The van der Waals surface area contributed by atoms with Crippen molar-refractivity contribution in [1.82, 2.24) is 14.8 Å². The van der Waals surface area contributed by atoms with Gasteiger partial charge < -0.3 is 24.6 Å². The number of alkyl halides is 2. The molecular weight excluding hydrogens is 520 g/mol. The molecular formula is C27H36ClF2N3O5. The Morgan fingerprint density at radius 2 is 2.00 bits per heavy atom. The molecule has 0 spiro atoms. The number of rotatable bonds is 12. The van der Waals surface area contributed by atoms with Crippen LogP contribution in [0.5, 0.6) is 5.75 Å². The first-order chi connectivity index (χ1) is 18.0. The van der Waals surface area contributed by atoms with E-state index in [4.69, 9.17) is 16.3 Å². The maximum absolute atomic E-state index is 13.9. The van der Waals surface area contributed by atoms with E-state index in [9.17, 15) is 28.3 Å². The average molecular weight is 556 g/mol. The lowest BCUT2D eigenvalue weighted by Crippen LogP contribution is -2.49. The Balaban J connectivity index is 1.74. The van der Waals surface area contributed by atoms with Crippen LogP contribution in [0, 0.1) is 11.8 Å². The number of pyridine rings is 1. The Kier molecular flexibility index (Phi) is 10.1. The lowest BCUT2D eigenvalue weighted by molar-refractivity contribution is 0.0510. The highest BCUT2D eigenvalue weighted by molar-refractivity contribution is 6.19. The van der Waals surface area contributed by atoms with Gasteiger partial charge in [-0.05, 0) is 43.3 Å². The molecule has 1 aliphatic carbocycles. The molecule has 38 heavy (non-hydrogen) atoms. The van der Waals surface area contributed by atoms with Crippen molar-refractivity contribution < 1.29 is 28.2 Å². The van der Waals surface area contributed by atoms with E-state index in [1.54, 1.807) is 4.90 Å². The number of aromatic nitrogens is 1. The normalized spacial score (nSPS) is 24.3. The maximum Gasteiger partial charge on any atom is 0.274 e. The molecule has 2 amide bonds. The number of fused-ring (bicyclic) bond motifs is 1. The highest BCUT2D eigenvalue weighted by Crippen LogP contribution is 2.40. The van der Waals surface area contributed by atoms with Crippen LogP contribution in [0.3, 0.4) is 0 Å². The number of hydrogen-bond acceptors (Lipinski definition) is 5. The molecule has 4 atom stereocenters. The summed E-state index contributed by atoms with van der Waals surface area (Å²) in [7, 11) is 0. The van der Waals surface area contributed by atoms with Gasteiger partial charge in [-0.3, -0.25) is 14.4 Å². The van der Waals surface area contributed by atoms with E-state index < -0.39 is 35.0 Å². The lowest BCUT2D eigenvalue weighted by Gasteiger charge is -2.37. The smallest absolute Gasteiger partial charge is 0.274 e. The summed E-state index contributed by atoms with van der Waals surface area (Å²) in [6.07, 6.45) is 3.44. The van der Waals surface area contributed by atoms with Gasteiger partial charge in [-0.2, -0.15) is 0 Å². The van der Waals surface area contributed by atoms with Gasteiger partial charge in [-0.15, -0.1) is 11.6 Å². The molecule has 210 valence electrons. The van der Waals surface area contributed by atoms with Crippen LogP contribution >= 0.6 is 11.6 Å². The third-order valence-corrected chi connectivity index (χ3v) is 7.69. The highest BCUT2D eigenvalue weighted by atomic mass is 35.5. The number of aromatic hydroxyl groups is 1. The molecule has 0 aromatic carbocycles. The third-order valence-electron chi connectivity index (χ3n) is 7.43. The first kappa shape index (κ1) is 29.8. The zero-order valence-electron chi connectivity index (χ0n) is 22.2. The van der Waals surface area contributed by atoms with E-state index in [1.807, 2.05) is 6.92 Å². The maximum atomic E-state index is 13.9. The number of amides is 2. The topological polar surface area (TPSA) is 101 Å². The minimum atomic E-state index is -1.50. The predicted octanol–water partition coefficient (Wildman–Crippen LogP) is 3.96. The van der Waals surface area contributed by atoms with E-state index in [2.05, 4.69) is 19.2 Å². The van der Waals surface area contributed by atoms with Gasteiger partial charge in [0.15, 0.2) is 11.4 Å². The van der Waals surface area contributed by atoms with Gasteiger partial charge in [0.25, 0.3) is 11.8 Å². The van der Waals surface area contributed by atoms with E-state index in [1.165, 1.54) is 23.8 Å². The van der Waals surface area contributed by atoms with Gasteiger partial charge >= 0.3 is 0 Å². The summed E-state index contributed by atoms with van der Waals surface area (Å²) < 4.78 is 34.5. The van der Waals surface area contributed by atoms with Crippen LogP contribution in [0.2, 0.25) is 0 Å². The Labute approximate surface area is 226 Å². The molecule has 4 unspecified atom stereocenters. The molecule has 2 heterocycles. The summed E-state index contributed by atoms with van der Waals surface area (Å²) in [5.74, 6) is -2.10. The molecule has 2 N–H and O–H groups in total. The largest absolute Gasteiger partial charge is 0.503 e. The summed E-state index contributed by atoms with van der Waals surface area (Å²) in [6.45, 7) is 8.36. The molecule has 1 aliphatic heterocycles. The summed E-state index contributed by atoms with van der Waals surface area (Å²) in [5.41, 5.74) is -1.48. The van der Waals surface area contributed by atoms with E-state index >= 15 is 0 Å². The number of halogens is 3. The van der Waals surface area contributed by atoms with Crippen molar-refractivity contribution in [1.29, 1.82) is 0 Å². The first-order valence-electron chi connectivity index (χ1n) is 12.9. The lowest BCUT2D eigenvalue weighted by atomic mass is 10.0. The zero-order valence-corrected chi connectivity index (χ0v) is 22.9. The van der Waals surface area contributed by atoms with Gasteiger partial charge in [-0.25, -0.2) is 8.78 Å². The summed E-state index contributed by atoms with van der Waals surface area (Å²) in [6, 6.07) is -0.197. The van der Waals surface area contributed by atoms with Gasteiger partial charge in [0.05, 0.1) is 12.0 Å². The fraction of sp³-hybridized carbons (Fsp3) is 0.593. The first-order valence-corrected chi connectivity index (χ1v) is 13.5. The minimum absolute atomic E-state index is 0.0624. The van der Waals surface area contributed by atoms with Crippen molar-refractivity contribution in [2.45, 2.75) is 65.4 Å². The summed E-state index contributed by atoms with van der Waals surface area (Å²) >= 11 is 5.38. The van der Waals surface area contributed by atoms with E-state index in [0.717, 1.165) is 6.08 Å². The van der Waals surface area contributed by atoms with E-state index in [-0.39, 0.29) is 41.4 Å². The van der Waals surface area contributed by atoms with E-state index in [0.29, 0.717) is 44.4 Å². The van der Waals surface area contributed by atoms with Crippen molar-refractivity contribution in [2.24, 2.45) is 11.8 Å². The Bertz CT molecular complexity index is 1160. The number of nitrogens with zero attached hydrogens (tertiary/aromatic N) is 2. The molecule has 0 bridgehead atoms. The Morgan fingerprint density at radius 3 is 2.58 bits per heavy atom. The third kappa shape index (κ3) is 6.64. The van der Waals surface area contributed by atoms with Crippen LogP contribution in [-0.4, -0.2) is 70.3 Å².